The van der Waals surface area contributed by atoms with Crippen LogP contribution in [0.25, 0.3) is 0 Å². The summed E-state index contributed by atoms with van der Waals surface area (Å²) in [7, 11) is 0. The fourth-order valence-corrected chi connectivity index (χ4v) is 2.47. The SMILES string of the molecule is CC(CO)ON1C(C)(C)CCCC1(C)C. The van der Waals surface area contributed by atoms with Crippen molar-refractivity contribution in [2.45, 2.75) is 71.1 Å². The molecular weight excluding hydrogens is 190 g/mol. The molecule has 1 rings (SSSR count). The summed E-state index contributed by atoms with van der Waals surface area (Å²) in [5.74, 6) is 0. The van der Waals surface area contributed by atoms with Crippen LogP contribution in [0.1, 0.15) is 53.9 Å². The van der Waals surface area contributed by atoms with E-state index < -0.39 is 0 Å². The molecule has 1 unspecified atom stereocenters. The van der Waals surface area contributed by atoms with E-state index in [1.807, 2.05) is 6.92 Å². The Balaban J connectivity index is 2.77. The number of nitrogens with zero attached hydrogens (tertiary/aromatic N) is 1. The second-order valence-electron chi connectivity index (χ2n) is 5.87. The van der Waals surface area contributed by atoms with E-state index in [9.17, 15) is 0 Å². The van der Waals surface area contributed by atoms with Gasteiger partial charge in [-0.3, -0.25) is 4.84 Å². The molecule has 1 fully saturated rings. The van der Waals surface area contributed by atoms with Gasteiger partial charge in [0.15, 0.2) is 0 Å². The van der Waals surface area contributed by atoms with E-state index in [1.165, 1.54) is 6.42 Å². The van der Waals surface area contributed by atoms with Gasteiger partial charge in [-0.2, -0.15) is 5.06 Å². The lowest BCUT2D eigenvalue weighted by molar-refractivity contribution is -0.305. The zero-order chi connectivity index (χ0) is 11.7. The molecule has 1 aliphatic heterocycles. The molecule has 15 heavy (non-hydrogen) atoms. The maximum absolute atomic E-state index is 9.05. The van der Waals surface area contributed by atoms with Gasteiger partial charge in [0.1, 0.15) is 0 Å². The molecule has 1 heterocycles. The quantitative estimate of drug-likeness (QED) is 0.784. The summed E-state index contributed by atoms with van der Waals surface area (Å²) < 4.78 is 0. The highest BCUT2D eigenvalue weighted by molar-refractivity contribution is 4.92. The highest BCUT2D eigenvalue weighted by Gasteiger charge is 2.43. The lowest BCUT2D eigenvalue weighted by Crippen LogP contribution is -2.59. The predicted octanol–water partition coefficient (Wildman–Crippen LogP) is 2.34. The van der Waals surface area contributed by atoms with E-state index in [4.69, 9.17) is 9.94 Å². The van der Waals surface area contributed by atoms with Crippen molar-refractivity contribution < 1.29 is 9.94 Å². The third-order valence-corrected chi connectivity index (χ3v) is 3.22. The Labute approximate surface area is 93.4 Å². The van der Waals surface area contributed by atoms with Crippen molar-refractivity contribution in [3.8, 4) is 0 Å². The minimum atomic E-state index is -0.123. The predicted molar refractivity (Wildman–Crippen MR) is 61.5 cm³/mol. The van der Waals surface area contributed by atoms with Gasteiger partial charge in [-0.25, -0.2) is 0 Å². The molecule has 3 heteroatoms. The summed E-state index contributed by atoms with van der Waals surface area (Å²) in [6.07, 6.45) is 3.41. The van der Waals surface area contributed by atoms with Crippen molar-refractivity contribution in [1.29, 1.82) is 0 Å². The molecule has 0 aromatic heterocycles. The van der Waals surface area contributed by atoms with Crippen LogP contribution in [-0.4, -0.2) is 34.0 Å². The molecule has 1 atom stereocenters. The van der Waals surface area contributed by atoms with E-state index >= 15 is 0 Å². The molecule has 0 bridgehead atoms. The van der Waals surface area contributed by atoms with Crippen molar-refractivity contribution in [1.82, 2.24) is 5.06 Å². The lowest BCUT2D eigenvalue weighted by Gasteiger charge is -2.52. The van der Waals surface area contributed by atoms with Gasteiger partial charge in [0.25, 0.3) is 0 Å². The number of hydroxylamine groups is 2. The molecule has 1 aliphatic rings. The van der Waals surface area contributed by atoms with Crippen molar-refractivity contribution >= 4 is 0 Å². The summed E-state index contributed by atoms with van der Waals surface area (Å²) in [4.78, 5) is 5.85. The Morgan fingerprint density at radius 1 is 1.20 bits per heavy atom. The molecular formula is C12H25NO2. The maximum Gasteiger partial charge on any atom is 0.0995 e. The van der Waals surface area contributed by atoms with Crippen LogP contribution >= 0.6 is 0 Å². The van der Waals surface area contributed by atoms with E-state index in [1.54, 1.807) is 0 Å². The number of hydrogen-bond donors (Lipinski definition) is 1. The molecule has 1 saturated heterocycles. The molecule has 0 aromatic carbocycles. The van der Waals surface area contributed by atoms with E-state index in [0.29, 0.717) is 0 Å². The first-order valence-corrected chi connectivity index (χ1v) is 5.87. The fraction of sp³-hybridized carbons (Fsp3) is 1.00. The van der Waals surface area contributed by atoms with E-state index in [0.717, 1.165) is 12.8 Å². The monoisotopic (exact) mass is 215 g/mol. The second-order valence-corrected chi connectivity index (χ2v) is 5.87. The smallest absolute Gasteiger partial charge is 0.0995 e. The highest BCUT2D eigenvalue weighted by Crippen LogP contribution is 2.38. The summed E-state index contributed by atoms with van der Waals surface area (Å²) in [6.45, 7) is 10.8. The van der Waals surface area contributed by atoms with Gasteiger partial charge < -0.3 is 5.11 Å². The number of hydrogen-bond acceptors (Lipinski definition) is 3. The van der Waals surface area contributed by atoms with Gasteiger partial charge in [-0.05, 0) is 53.9 Å². The minimum Gasteiger partial charge on any atom is -0.394 e. The Kier molecular flexibility index (Phi) is 3.80. The molecule has 0 radical (unpaired) electrons. The van der Waals surface area contributed by atoms with Crippen molar-refractivity contribution in [3.63, 3.8) is 0 Å². The molecule has 0 aromatic rings. The van der Waals surface area contributed by atoms with Crippen LogP contribution in [-0.2, 0) is 4.84 Å². The first kappa shape index (κ1) is 12.9. The zero-order valence-corrected chi connectivity index (χ0v) is 10.7. The average molecular weight is 215 g/mol. The molecule has 0 aliphatic carbocycles. The van der Waals surface area contributed by atoms with E-state index in [2.05, 4.69) is 32.8 Å². The number of piperidine rings is 1. The average Bonchev–Trinajstić information content (AvgIpc) is 2.10. The van der Waals surface area contributed by atoms with Gasteiger partial charge >= 0.3 is 0 Å². The van der Waals surface area contributed by atoms with Crippen LogP contribution in [0, 0.1) is 0 Å². The van der Waals surface area contributed by atoms with Crippen LogP contribution in [0.5, 0.6) is 0 Å². The minimum absolute atomic E-state index is 0.0607. The Morgan fingerprint density at radius 2 is 1.67 bits per heavy atom. The third-order valence-electron chi connectivity index (χ3n) is 3.22. The van der Waals surface area contributed by atoms with Crippen LogP contribution in [0.15, 0.2) is 0 Å². The standard InChI is InChI=1S/C12H25NO2/c1-10(9-14)15-13-11(2,3)7-6-8-12(13,4)5/h10,14H,6-9H2,1-5H3. The van der Waals surface area contributed by atoms with Crippen LogP contribution < -0.4 is 0 Å². The third kappa shape index (κ3) is 2.92. The number of aliphatic hydroxyl groups is 1. The van der Waals surface area contributed by atoms with Crippen molar-refractivity contribution in [2.24, 2.45) is 0 Å². The van der Waals surface area contributed by atoms with Crippen molar-refractivity contribution in [3.05, 3.63) is 0 Å². The van der Waals surface area contributed by atoms with Gasteiger partial charge in [0.2, 0.25) is 0 Å². The van der Waals surface area contributed by atoms with Gasteiger partial charge in [0.05, 0.1) is 12.7 Å². The molecule has 1 N–H and O–H groups in total. The number of rotatable bonds is 3. The first-order chi connectivity index (χ1) is 6.79. The fourth-order valence-electron chi connectivity index (χ4n) is 2.47. The van der Waals surface area contributed by atoms with Gasteiger partial charge in [-0.1, -0.05) is 0 Å². The Hall–Kier alpha value is -0.120. The van der Waals surface area contributed by atoms with Gasteiger partial charge in [-0.15, -0.1) is 0 Å². The molecule has 3 nitrogen and oxygen atoms in total. The zero-order valence-electron chi connectivity index (χ0n) is 10.7. The summed E-state index contributed by atoms with van der Waals surface area (Å²) >= 11 is 0. The van der Waals surface area contributed by atoms with Crippen LogP contribution in [0.3, 0.4) is 0 Å². The largest absolute Gasteiger partial charge is 0.394 e. The topological polar surface area (TPSA) is 32.7 Å². The van der Waals surface area contributed by atoms with Crippen LogP contribution in [0.4, 0.5) is 0 Å². The number of aliphatic hydroxyl groups excluding tert-OH is 1. The highest BCUT2D eigenvalue weighted by atomic mass is 16.7. The Morgan fingerprint density at radius 3 is 2.07 bits per heavy atom. The lowest BCUT2D eigenvalue weighted by atomic mass is 9.82. The summed E-state index contributed by atoms with van der Waals surface area (Å²) in [5, 5.41) is 11.1. The maximum atomic E-state index is 9.05. The second kappa shape index (κ2) is 4.40. The first-order valence-electron chi connectivity index (χ1n) is 5.87. The molecule has 0 amide bonds. The van der Waals surface area contributed by atoms with Crippen LogP contribution in [0.2, 0.25) is 0 Å². The van der Waals surface area contributed by atoms with Crippen molar-refractivity contribution in [2.75, 3.05) is 6.61 Å². The molecule has 0 saturated carbocycles. The Bertz CT molecular complexity index is 198. The van der Waals surface area contributed by atoms with E-state index in [-0.39, 0.29) is 23.8 Å². The molecule has 0 spiro atoms. The summed E-state index contributed by atoms with van der Waals surface area (Å²) in [6, 6.07) is 0. The molecule has 90 valence electrons. The normalized spacial score (nSPS) is 27.6. The summed E-state index contributed by atoms with van der Waals surface area (Å²) in [5.41, 5.74) is 0.121. The van der Waals surface area contributed by atoms with Gasteiger partial charge in [0, 0.05) is 11.1 Å².